The Morgan fingerprint density at radius 3 is 2.65 bits per heavy atom. The first kappa shape index (κ1) is 14.0. The summed E-state index contributed by atoms with van der Waals surface area (Å²) in [5, 5.41) is 0. The molecule has 0 fully saturated rings. The fourth-order valence-corrected chi connectivity index (χ4v) is 2.61. The zero-order valence-corrected chi connectivity index (χ0v) is 11.6. The Morgan fingerprint density at radius 1 is 1.47 bits per heavy atom. The van der Waals surface area contributed by atoms with Gasteiger partial charge < -0.3 is 5.73 Å². The van der Waals surface area contributed by atoms with Crippen molar-refractivity contribution in [2.75, 3.05) is 11.5 Å². The lowest BCUT2D eigenvalue weighted by Gasteiger charge is -2.06. The van der Waals surface area contributed by atoms with Gasteiger partial charge in [0.15, 0.2) is 0 Å². The summed E-state index contributed by atoms with van der Waals surface area (Å²) in [6.07, 6.45) is 0.452. The van der Waals surface area contributed by atoms with Gasteiger partial charge in [0.1, 0.15) is 0 Å². The molecule has 5 nitrogen and oxygen atoms in total. The highest BCUT2D eigenvalue weighted by molar-refractivity contribution is 9.10. The van der Waals surface area contributed by atoms with E-state index >= 15 is 0 Å². The van der Waals surface area contributed by atoms with E-state index in [1.165, 1.54) is 18.2 Å². The monoisotopic (exact) mass is 320 g/mol. The average Bonchev–Trinajstić information content (AvgIpc) is 2.21. The number of hydrogen-bond acceptors (Lipinski definition) is 4. The molecule has 17 heavy (non-hydrogen) atoms. The average molecular weight is 321 g/mol. The molecule has 0 spiro atoms. The predicted octanol–water partition coefficient (Wildman–Crippen LogP) is 1.50. The second kappa shape index (κ2) is 5.50. The number of amides is 1. The minimum Gasteiger partial charge on any atom is -0.398 e. The number of carbonyl (C=O) groups is 1. The Kier molecular flexibility index (Phi) is 4.53. The van der Waals surface area contributed by atoms with Crippen molar-refractivity contribution >= 4 is 37.5 Å². The van der Waals surface area contributed by atoms with Crippen LogP contribution in [-0.4, -0.2) is 20.1 Å². The summed E-state index contributed by atoms with van der Waals surface area (Å²) in [7, 11) is -3.55. The highest BCUT2D eigenvalue weighted by Crippen LogP contribution is 2.20. The minimum atomic E-state index is -3.55. The third kappa shape index (κ3) is 4.01. The Morgan fingerprint density at radius 2 is 2.12 bits per heavy atom. The number of benzene rings is 1. The minimum absolute atomic E-state index is 0.0745. The molecule has 94 valence electrons. The molecule has 0 atom stereocenters. The number of hydrogen-bond donors (Lipinski definition) is 2. The number of nitrogen functional groups attached to an aromatic ring is 1. The third-order valence-electron chi connectivity index (χ3n) is 1.98. The van der Waals surface area contributed by atoms with Gasteiger partial charge in [0, 0.05) is 15.7 Å². The van der Waals surface area contributed by atoms with Gasteiger partial charge in [0.2, 0.25) is 10.0 Å². The van der Waals surface area contributed by atoms with Crippen molar-refractivity contribution in [3.63, 3.8) is 0 Å². The van der Waals surface area contributed by atoms with Gasteiger partial charge in [-0.05, 0) is 40.5 Å². The predicted molar refractivity (Wildman–Crippen MR) is 70.1 cm³/mol. The van der Waals surface area contributed by atoms with Crippen LogP contribution in [-0.2, 0) is 10.0 Å². The molecule has 1 rings (SSSR count). The second-order valence-corrected chi connectivity index (χ2v) is 6.18. The lowest BCUT2D eigenvalue weighted by Crippen LogP contribution is -2.32. The Hall–Kier alpha value is -1.08. The van der Waals surface area contributed by atoms with E-state index in [0.29, 0.717) is 16.6 Å². The number of nitrogens with two attached hydrogens (primary N) is 1. The van der Waals surface area contributed by atoms with Crippen LogP contribution >= 0.6 is 15.9 Å². The zero-order valence-electron chi connectivity index (χ0n) is 9.23. The molecule has 0 aliphatic rings. The van der Waals surface area contributed by atoms with Crippen molar-refractivity contribution < 1.29 is 13.2 Å². The highest BCUT2D eigenvalue weighted by atomic mass is 79.9. The lowest BCUT2D eigenvalue weighted by atomic mass is 10.2. The molecule has 3 N–H and O–H groups in total. The Labute approximate surface area is 109 Å². The maximum Gasteiger partial charge on any atom is 0.264 e. The Balaban J connectivity index is 2.87. The first-order chi connectivity index (χ1) is 7.85. The lowest BCUT2D eigenvalue weighted by molar-refractivity contribution is 0.0981. The van der Waals surface area contributed by atoms with Crippen molar-refractivity contribution in [2.24, 2.45) is 0 Å². The molecule has 1 aromatic rings. The molecule has 0 saturated carbocycles. The van der Waals surface area contributed by atoms with Crippen LogP contribution in [0, 0.1) is 0 Å². The van der Waals surface area contributed by atoms with E-state index in [9.17, 15) is 13.2 Å². The van der Waals surface area contributed by atoms with Crippen molar-refractivity contribution in [1.29, 1.82) is 0 Å². The number of anilines is 1. The van der Waals surface area contributed by atoms with E-state index in [1.54, 1.807) is 6.92 Å². The van der Waals surface area contributed by atoms with E-state index in [4.69, 9.17) is 5.73 Å². The first-order valence-corrected chi connectivity index (χ1v) is 7.40. The molecule has 0 aliphatic heterocycles. The Bertz CT molecular complexity index is 528. The van der Waals surface area contributed by atoms with Gasteiger partial charge >= 0.3 is 0 Å². The van der Waals surface area contributed by atoms with Crippen molar-refractivity contribution in [3.8, 4) is 0 Å². The molecule has 0 saturated heterocycles. The van der Waals surface area contributed by atoms with Gasteiger partial charge in [-0.25, -0.2) is 13.1 Å². The van der Waals surface area contributed by atoms with Crippen molar-refractivity contribution in [3.05, 3.63) is 28.2 Å². The fourth-order valence-electron chi connectivity index (χ4n) is 1.19. The van der Waals surface area contributed by atoms with Crippen LogP contribution in [0.5, 0.6) is 0 Å². The number of sulfonamides is 1. The van der Waals surface area contributed by atoms with Crippen molar-refractivity contribution in [2.45, 2.75) is 13.3 Å². The molecule has 0 heterocycles. The fraction of sp³-hybridized carbons (Fsp3) is 0.300. The molecule has 0 aliphatic carbocycles. The largest absolute Gasteiger partial charge is 0.398 e. The maximum atomic E-state index is 11.6. The van der Waals surface area contributed by atoms with Crippen LogP contribution in [0.2, 0.25) is 0 Å². The number of carbonyl (C=O) groups excluding carboxylic acids is 1. The van der Waals surface area contributed by atoms with Crippen LogP contribution in [0.15, 0.2) is 22.7 Å². The zero-order chi connectivity index (χ0) is 13.1. The normalized spacial score (nSPS) is 11.2. The molecular weight excluding hydrogens is 308 g/mol. The standard InChI is InChI=1S/C10H13BrN2O3S/c1-2-5-17(15,16)13-10(14)7-3-4-9(12)8(11)6-7/h3-4,6H,2,5,12H2,1H3,(H,13,14). The van der Waals surface area contributed by atoms with E-state index in [1.807, 2.05) is 4.72 Å². The summed E-state index contributed by atoms with van der Waals surface area (Å²) >= 11 is 3.17. The topological polar surface area (TPSA) is 89.3 Å². The molecule has 0 unspecified atom stereocenters. The van der Waals surface area contributed by atoms with Gasteiger partial charge in [-0.15, -0.1) is 0 Å². The summed E-state index contributed by atoms with van der Waals surface area (Å²) in [6, 6.07) is 4.48. The summed E-state index contributed by atoms with van der Waals surface area (Å²) in [4.78, 5) is 11.6. The molecule has 0 radical (unpaired) electrons. The molecule has 0 bridgehead atoms. The number of nitrogens with one attached hydrogen (secondary N) is 1. The summed E-state index contributed by atoms with van der Waals surface area (Å²) in [5.41, 5.74) is 6.29. The molecular formula is C10H13BrN2O3S. The van der Waals surface area contributed by atoms with Crippen LogP contribution in [0.3, 0.4) is 0 Å². The van der Waals surface area contributed by atoms with E-state index in [-0.39, 0.29) is 11.3 Å². The third-order valence-corrected chi connectivity index (χ3v) is 4.11. The number of halogens is 1. The van der Waals surface area contributed by atoms with E-state index < -0.39 is 15.9 Å². The van der Waals surface area contributed by atoms with Crippen LogP contribution in [0.4, 0.5) is 5.69 Å². The summed E-state index contributed by atoms with van der Waals surface area (Å²) < 4.78 is 25.3. The molecule has 1 amide bonds. The van der Waals surface area contributed by atoms with Gasteiger partial charge in [-0.2, -0.15) is 0 Å². The van der Waals surface area contributed by atoms with Gasteiger partial charge in [-0.3, -0.25) is 4.79 Å². The van der Waals surface area contributed by atoms with Crippen LogP contribution < -0.4 is 10.5 Å². The molecule has 0 aromatic heterocycles. The SMILES string of the molecule is CCCS(=O)(=O)NC(=O)c1ccc(N)c(Br)c1. The van der Waals surface area contributed by atoms with E-state index in [0.717, 1.165) is 0 Å². The van der Waals surface area contributed by atoms with Crippen molar-refractivity contribution in [1.82, 2.24) is 4.72 Å². The quantitative estimate of drug-likeness (QED) is 0.823. The van der Waals surface area contributed by atoms with Gasteiger partial charge in [0.05, 0.1) is 5.75 Å². The second-order valence-electron chi connectivity index (χ2n) is 3.49. The highest BCUT2D eigenvalue weighted by Gasteiger charge is 2.15. The van der Waals surface area contributed by atoms with E-state index in [2.05, 4.69) is 15.9 Å². The van der Waals surface area contributed by atoms with Crippen LogP contribution in [0.25, 0.3) is 0 Å². The number of rotatable bonds is 4. The van der Waals surface area contributed by atoms with Crippen LogP contribution in [0.1, 0.15) is 23.7 Å². The first-order valence-electron chi connectivity index (χ1n) is 4.95. The maximum absolute atomic E-state index is 11.6. The van der Waals surface area contributed by atoms with Gasteiger partial charge in [-0.1, -0.05) is 6.92 Å². The molecule has 1 aromatic carbocycles. The summed E-state index contributed by atoms with van der Waals surface area (Å²) in [6.45, 7) is 1.73. The summed E-state index contributed by atoms with van der Waals surface area (Å²) in [5.74, 6) is -0.728. The molecule has 7 heteroatoms. The van der Waals surface area contributed by atoms with Gasteiger partial charge in [0.25, 0.3) is 5.91 Å². The smallest absolute Gasteiger partial charge is 0.264 e.